The van der Waals surface area contributed by atoms with Gasteiger partial charge in [0.15, 0.2) is 0 Å². The molecule has 0 aliphatic heterocycles. The van der Waals surface area contributed by atoms with Gasteiger partial charge < -0.3 is 10.4 Å². The number of hydrogen-bond donors (Lipinski definition) is 1. The molecule has 0 aliphatic carbocycles. The second-order valence-electron chi connectivity index (χ2n) is 4.43. The predicted molar refractivity (Wildman–Crippen MR) is 83.6 cm³/mol. The van der Waals surface area contributed by atoms with Gasteiger partial charge in [0.05, 0.1) is 20.6 Å². The summed E-state index contributed by atoms with van der Waals surface area (Å²) >= 11 is 11.5. The Morgan fingerprint density at radius 2 is 1.71 bits per heavy atom. The molecular formula is C13H6Cl2N3O6-. The van der Waals surface area contributed by atoms with E-state index >= 15 is 0 Å². The van der Waals surface area contributed by atoms with Crippen LogP contribution < -0.4 is 10.4 Å². The Morgan fingerprint density at radius 1 is 1.04 bits per heavy atom. The molecule has 0 aliphatic rings. The van der Waals surface area contributed by atoms with Crippen molar-refractivity contribution in [1.29, 1.82) is 0 Å². The third-order valence-electron chi connectivity index (χ3n) is 2.89. The Balaban J connectivity index is 2.37. The van der Waals surface area contributed by atoms with Gasteiger partial charge in [-0.05, 0) is 17.9 Å². The fourth-order valence-corrected chi connectivity index (χ4v) is 2.23. The zero-order valence-corrected chi connectivity index (χ0v) is 13.0. The molecule has 9 nitrogen and oxygen atoms in total. The normalized spacial score (nSPS) is 10.2. The lowest BCUT2D eigenvalue weighted by atomic mass is 10.1. The lowest BCUT2D eigenvalue weighted by molar-refractivity contribution is -0.398. The average molecular weight is 371 g/mol. The van der Waals surface area contributed by atoms with Crippen LogP contribution in [0.25, 0.3) is 0 Å². The first-order chi connectivity index (χ1) is 11.2. The summed E-state index contributed by atoms with van der Waals surface area (Å²) in [6, 6.07) is 5.09. The summed E-state index contributed by atoms with van der Waals surface area (Å²) in [5.74, 6) is -2.10. The zero-order chi connectivity index (χ0) is 18.0. The van der Waals surface area contributed by atoms with E-state index in [9.17, 15) is 30.1 Å². The molecule has 0 atom stereocenters. The van der Waals surface area contributed by atoms with Crippen LogP contribution >= 0.6 is 23.2 Å². The Hall–Kier alpha value is -2.91. The molecule has 2 aromatic carbocycles. The van der Waals surface area contributed by atoms with Crippen LogP contribution in [-0.2, 0) is 0 Å². The Morgan fingerprint density at radius 3 is 2.25 bits per heavy atom. The molecule has 124 valence electrons. The third-order valence-corrected chi connectivity index (χ3v) is 3.42. The van der Waals surface area contributed by atoms with Crippen molar-refractivity contribution in [3.05, 3.63) is 66.2 Å². The van der Waals surface area contributed by atoms with Crippen LogP contribution in [0.3, 0.4) is 0 Å². The number of rotatable bonds is 4. The average Bonchev–Trinajstić information content (AvgIpc) is 2.50. The number of non-ortho nitro benzene ring substituents is 1. The number of amides is 1. The van der Waals surface area contributed by atoms with Crippen LogP contribution in [0.4, 0.5) is 17.1 Å². The smallest absolute Gasteiger partial charge is 0.271 e. The molecule has 0 saturated carbocycles. The van der Waals surface area contributed by atoms with Crippen LogP contribution in [0.1, 0.15) is 10.4 Å². The van der Waals surface area contributed by atoms with Gasteiger partial charge in [-0.15, -0.1) is 0 Å². The number of carbonyl (C=O) groups excluding carboxylic acids is 1. The molecule has 2 rings (SSSR count). The fourth-order valence-electron chi connectivity index (χ4n) is 1.79. The summed E-state index contributed by atoms with van der Waals surface area (Å²) in [6.45, 7) is 0. The molecule has 1 N–H and O–H groups in total. The summed E-state index contributed by atoms with van der Waals surface area (Å²) in [5.41, 5.74) is -1.69. The highest BCUT2D eigenvalue weighted by Gasteiger charge is 2.18. The lowest BCUT2D eigenvalue weighted by Gasteiger charge is -2.14. The summed E-state index contributed by atoms with van der Waals surface area (Å²) in [5, 5.41) is 35.3. The highest BCUT2D eigenvalue weighted by Crippen LogP contribution is 2.32. The minimum atomic E-state index is -1.11. The number of anilines is 1. The Labute approximate surface area is 143 Å². The first-order valence-corrected chi connectivity index (χ1v) is 6.86. The number of halogens is 2. The molecule has 24 heavy (non-hydrogen) atoms. The number of hydrogen-bond acceptors (Lipinski definition) is 6. The number of benzene rings is 2. The second kappa shape index (κ2) is 6.69. The van der Waals surface area contributed by atoms with Gasteiger partial charge in [-0.2, -0.15) is 0 Å². The minimum Gasteiger partial charge on any atom is -0.867 e. The number of carbonyl (C=O) groups is 1. The van der Waals surface area contributed by atoms with Gasteiger partial charge in [-0.25, -0.2) is 0 Å². The SMILES string of the molecule is O=C(Nc1ccc([N+](=O)[O-])cc1Cl)c1cc(Cl)cc([N+](=O)[O-])c1[O-]. The van der Waals surface area contributed by atoms with E-state index in [1.54, 1.807) is 0 Å². The summed E-state index contributed by atoms with van der Waals surface area (Å²) in [6.07, 6.45) is 0. The lowest BCUT2D eigenvalue weighted by Crippen LogP contribution is -2.16. The van der Waals surface area contributed by atoms with Gasteiger partial charge in [0.1, 0.15) is 0 Å². The molecule has 0 saturated heterocycles. The van der Waals surface area contributed by atoms with Crippen molar-refractivity contribution in [3.63, 3.8) is 0 Å². The van der Waals surface area contributed by atoms with Gasteiger partial charge in [0.2, 0.25) is 0 Å². The number of nitrogens with one attached hydrogen (secondary N) is 1. The fraction of sp³-hybridized carbons (Fsp3) is 0. The third kappa shape index (κ3) is 3.53. The Kier molecular flexibility index (Phi) is 4.86. The molecule has 0 bridgehead atoms. The van der Waals surface area contributed by atoms with Crippen molar-refractivity contribution in [1.82, 2.24) is 0 Å². The highest BCUT2D eigenvalue weighted by molar-refractivity contribution is 6.34. The van der Waals surface area contributed by atoms with Gasteiger partial charge in [0, 0.05) is 28.8 Å². The van der Waals surface area contributed by atoms with Crippen LogP contribution in [-0.4, -0.2) is 15.8 Å². The summed E-state index contributed by atoms with van der Waals surface area (Å²) in [4.78, 5) is 31.9. The number of nitro groups is 2. The number of nitrogens with zero attached hydrogens (tertiary/aromatic N) is 2. The molecule has 0 radical (unpaired) electrons. The summed E-state index contributed by atoms with van der Waals surface area (Å²) in [7, 11) is 0. The van der Waals surface area contributed by atoms with E-state index in [0.717, 1.165) is 24.3 Å². The molecule has 0 spiro atoms. The molecule has 1 amide bonds. The molecule has 0 heterocycles. The number of nitro benzene ring substituents is 2. The largest absolute Gasteiger partial charge is 0.867 e. The van der Waals surface area contributed by atoms with E-state index in [1.807, 2.05) is 0 Å². The van der Waals surface area contributed by atoms with Crippen LogP contribution in [0.2, 0.25) is 10.0 Å². The first-order valence-electron chi connectivity index (χ1n) is 6.11. The van der Waals surface area contributed by atoms with Crippen molar-refractivity contribution in [2.75, 3.05) is 5.32 Å². The minimum absolute atomic E-state index is 0.00528. The van der Waals surface area contributed by atoms with Crippen molar-refractivity contribution in [2.45, 2.75) is 0 Å². The topological polar surface area (TPSA) is 138 Å². The van der Waals surface area contributed by atoms with E-state index < -0.39 is 32.8 Å². The van der Waals surface area contributed by atoms with Gasteiger partial charge in [0.25, 0.3) is 17.3 Å². The molecule has 0 fully saturated rings. The second-order valence-corrected chi connectivity index (χ2v) is 5.28. The van der Waals surface area contributed by atoms with E-state index in [-0.39, 0.29) is 21.4 Å². The standard InChI is InChI=1S/C13H7Cl2N3O6/c14-6-3-8(12(19)11(4-6)18(23)24)13(20)16-10-2-1-7(17(21)22)5-9(10)15/h1-5,19H,(H,16,20)/p-1. The van der Waals surface area contributed by atoms with E-state index in [4.69, 9.17) is 23.2 Å². The predicted octanol–water partition coefficient (Wildman–Crippen LogP) is 3.14. The Bertz CT molecular complexity index is 871. The van der Waals surface area contributed by atoms with E-state index in [1.165, 1.54) is 6.07 Å². The quantitative estimate of drug-likeness (QED) is 0.647. The summed E-state index contributed by atoms with van der Waals surface area (Å²) < 4.78 is 0. The van der Waals surface area contributed by atoms with Crippen LogP contribution in [0.5, 0.6) is 5.75 Å². The molecule has 0 aromatic heterocycles. The maximum atomic E-state index is 12.1. The van der Waals surface area contributed by atoms with Crippen molar-refractivity contribution in [3.8, 4) is 5.75 Å². The van der Waals surface area contributed by atoms with E-state index in [2.05, 4.69) is 5.32 Å². The molecule has 11 heteroatoms. The zero-order valence-electron chi connectivity index (χ0n) is 11.5. The van der Waals surface area contributed by atoms with Gasteiger partial charge >= 0.3 is 0 Å². The molecule has 2 aromatic rings. The van der Waals surface area contributed by atoms with Crippen LogP contribution in [0.15, 0.2) is 30.3 Å². The highest BCUT2D eigenvalue weighted by atomic mass is 35.5. The van der Waals surface area contributed by atoms with Crippen molar-refractivity contribution >= 4 is 46.2 Å². The van der Waals surface area contributed by atoms with Crippen molar-refractivity contribution in [2.24, 2.45) is 0 Å². The monoisotopic (exact) mass is 370 g/mol. The van der Waals surface area contributed by atoms with Crippen LogP contribution in [0, 0.1) is 20.2 Å². The molecular weight excluding hydrogens is 365 g/mol. The molecule has 0 unspecified atom stereocenters. The first kappa shape index (κ1) is 17.4. The maximum Gasteiger partial charge on any atom is 0.271 e. The van der Waals surface area contributed by atoms with Crippen molar-refractivity contribution < 1.29 is 19.7 Å². The van der Waals surface area contributed by atoms with Gasteiger partial charge in [-0.3, -0.25) is 25.0 Å². The maximum absolute atomic E-state index is 12.1. The van der Waals surface area contributed by atoms with Gasteiger partial charge in [-0.1, -0.05) is 23.2 Å². The van der Waals surface area contributed by atoms with E-state index in [0.29, 0.717) is 0 Å².